The Labute approximate surface area is 149 Å². The van der Waals surface area contributed by atoms with Crippen LogP contribution in [0.25, 0.3) is 0 Å². The van der Waals surface area contributed by atoms with Crippen molar-refractivity contribution in [3.63, 3.8) is 0 Å². The summed E-state index contributed by atoms with van der Waals surface area (Å²) >= 11 is 0.445. The molecule has 0 saturated heterocycles. The summed E-state index contributed by atoms with van der Waals surface area (Å²) < 4.78 is 77.5. The first-order valence-electron chi connectivity index (χ1n) is 6.87. The molecule has 0 aliphatic carbocycles. The van der Waals surface area contributed by atoms with Gasteiger partial charge in [0.15, 0.2) is 28.2 Å². The molecule has 5 nitrogen and oxygen atoms in total. The Morgan fingerprint density at radius 3 is 1.92 bits per heavy atom. The van der Waals surface area contributed by atoms with Gasteiger partial charge in [-0.15, -0.1) is 11.8 Å². The van der Waals surface area contributed by atoms with Crippen LogP contribution in [-0.2, 0) is 16.4 Å². The zero-order valence-electron chi connectivity index (χ0n) is 12.8. The van der Waals surface area contributed by atoms with Crippen LogP contribution >= 0.6 is 11.8 Å². The van der Waals surface area contributed by atoms with Crippen LogP contribution < -0.4 is 5.14 Å². The summed E-state index contributed by atoms with van der Waals surface area (Å²) in [7, 11) is -4.99. The lowest BCUT2D eigenvalue weighted by Gasteiger charge is -2.10. The number of carbonyl (C=O) groups is 1. The fraction of sp³-hybridized carbons (Fsp3) is 0.133. The lowest BCUT2D eigenvalue weighted by molar-refractivity contribution is 0.0697. The number of aromatic carboxylic acids is 1. The molecule has 0 amide bonds. The normalized spacial score (nSPS) is 11.6. The van der Waals surface area contributed by atoms with Crippen molar-refractivity contribution in [3.8, 4) is 0 Å². The highest BCUT2D eigenvalue weighted by molar-refractivity contribution is 7.99. The minimum Gasteiger partial charge on any atom is -0.478 e. The molecule has 0 unspecified atom stereocenters. The van der Waals surface area contributed by atoms with Crippen LogP contribution in [0.15, 0.2) is 34.1 Å². The molecule has 0 saturated carbocycles. The van der Waals surface area contributed by atoms with Gasteiger partial charge in [-0.05, 0) is 24.1 Å². The largest absolute Gasteiger partial charge is 0.478 e. The third-order valence-electron chi connectivity index (χ3n) is 3.31. The van der Waals surface area contributed by atoms with E-state index in [-0.39, 0.29) is 17.7 Å². The molecule has 140 valence electrons. The van der Waals surface area contributed by atoms with Crippen LogP contribution in [0.2, 0.25) is 0 Å². The molecule has 0 heterocycles. The highest BCUT2D eigenvalue weighted by Gasteiger charge is 2.31. The van der Waals surface area contributed by atoms with Crippen LogP contribution in [0.1, 0.15) is 15.9 Å². The average molecular weight is 409 g/mol. The number of carboxylic acid groups (broad SMARTS) is 1. The first kappa shape index (κ1) is 20.2. The SMILES string of the molecule is NS(=O)(=O)c1c(F)c(F)c(SCCc2ccc(C(=O)O)cc2)c(F)c1F. The highest BCUT2D eigenvalue weighted by atomic mass is 32.2. The lowest BCUT2D eigenvalue weighted by atomic mass is 10.1. The van der Waals surface area contributed by atoms with Gasteiger partial charge in [-0.25, -0.2) is 35.9 Å². The topological polar surface area (TPSA) is 97.5 Å². The zero-order chi connectivity index (χ0) is 19.6. The molecule has 11 heteroatoms. The highest BCUT2D eigenvalue weighted by Crippen LogP contribution is 2.33. The van der Waals surface area contributed by atoms with Crippen LogP contribution in [0.5, 0.6) is 0 Å². The van der Waals surface area contributed by atoms with Crippen LogP contribution in [-0.4, -0.2) is 25.2 Å². The van der Waals surface area contributed by atoms with Crippen LogP contribution in [0.4, 0.5) is 17.6 Å². The van der Waals surface area contributed by atoms with Gasteiger partial charge < -0.3 is 5.11 Å². The number of sulfonamides is 1. The van der Waals surface area contributed by atoms with Gasteiger partial charge in [0.2, 0.25) is 10.0 Å². The number of aryl methyl sites for hydroxylation is 1. The predicted octanol–water partition coefficient (Wildman–Crippen LogP) is 2.92. The van der Waals surface area contributed by atoms with E-state index in [1.807, 2.05) is 0 Å². The van der Waals surface area contributed by atoms with Gasteiger partial charge in [-0.3, -0.25) is 0 Å². The van der Waals surface area contributed by atoms with Crippen molar-refractivity contribution >= 4 is 27.8 Å². The second-order valence-corrected chi connectivity index (χ2v) is 7.66. The zero-order valence-corrected chi connectivity index (χ0v) is 14.4. The van der Waals surface area contributed by atoms with Gasteiger partial charge in [0.1, 0.15) is 0 Å². The number of hydrogen-bond donors (Lipinski definition) is 2. The van der Waals surface area contributed by atoms with E-state index in [0.717, 1.165) is 0 Å². The molecular formula is C15H11F4NO4S2. The molecule has 3 N–H and O–H groups in total. The minimum atomic E-state index is -4.99. The van der Waals surface area contributed by atoms with Crippen molar-refractivity contribution in [1.82, 2.24) is 0 Å². The van der Waals surface area contributed by atoms with E-state index in [0.29, 0.717) is 17.3 Å². The molecule has 26 heavy (non-hydrogen) atoms. The molecule has 0 fully saturated rings. The summed E-state index contributed by atoms with van der Waals surface area (Å²) in [5.41, 5.74) is 0.687. The maximum absolute atomic E-state index is 13.9. The van der Waals surface area contributed by atoms with Gasteiger partial charge in [-0.1, -0.05) is 12.1 Å². The van der Waals surface area contributed by atoms with Crippen molar-refractivity contribution in [2.24, 2.45) is 5.14 Å². The first-order chi connectivity index (χ1) is 12.0. The number of benzene rings is 2. The molecule has 0 bridgehead atoms. The second kappa shape index (κ2) is 7.64. The average Bonchev–Trinajstić information content (AvgIpc) is 2.55. The van der Waals surface area contributed by atoms with Crippen molar-refractivity contribution in [1.29, 1.82) is 0 Å². The van der Waals surface area contributed by atoms with E-state index >= 15 is 0 Å². The molecule has 2 rings (SSSR count). The number of primary sulfonamides is 1. The maximum Gasteiger partial charge on any atom is 0.335 e. The summed E-state index contributed by atoms with van der Waals surface area (Å²) in [5, 5.41) is 13.3. The Kier molecular flexibility index (Phi) is 5.94. The Morgan fingerprint density at radius 2 is 1.50 bits per heavy atom. The number of nitrogens with two attached hydrogens (primary N) is 1. The molecular weight excluding hydrogens is 398 g/mol. The summed E-state index contributed by atoms with van der Waals surface area (Å²) in [4.78, 5) is 7.87. The van der Waals surface area contributed by atoms with Crippen molar-refractivity contribution < 1.29 is 35.9 Å². The second-order valence-electron chi connectivity index (χ2n) is 5.06. The number of hydrogen-bond acceptors (Lipinski definition) is 4. The smallest absolute Gasteiger partial charge is 0.335 e. The number of halogens is 4. The van der Waals surface area contributed by atoms with Crippen molar-refractivity contribution in [2.45, 2.75) is 16.2 Å². The van der Waals surface area contributed by atoms with E-state index in [4.69, 9.17) is 5.11 Å². The van der Waals surface area contributed by atoms with Crippen LogP contribution in [0.3, 0.4) is 0 Å². The van der Waals surface area contributed by atoms with Gasteiger partial charge in [-0.2, -0.15) is 0 Å². The Balaban J connectivity index is 2.21. The third kappa shape index (κ3) is 4.17. The first-order valence-corrected chi connectivity index (χ1v) is 9.41. The van der Waals surface area contributed by atoms with Gasteiger partial charge in [0.25, 0.3) is 0 Å². The van der Waals surface area contributed by atoms with E-state index in [2.05, 4.69) is 5.14 Å². The number of carboxylic acids is 1. The summed E-state index contributed by atoms with van der Waals surface area (Å²) in [6, 6.07) is 5.65. The van der Waals surface area contributed by atoms with Gasteiger partial charge in [0, 0.05) is 5.75 Å². The monoisotopic (exact) mass is 409 g/mol. The van der Waals surface area contributed by atoms with E-state index < -0.39 is 49.1 Å². The quantitative estimate of drug-likeness (QED) is 0.434. The molecule has 0 aliphatic rings. The Morgan fingerprint density at radius 1 is 1.00 bits per heavy atom. The lowest BCUT2D eigenvalue weighted by Crippen LogP contribution is -2.19. The predicted molar refractivity (Wildman–Crippen MR) is 85.5 cm³/mol. The molecule has 0 atom stereocenters. The third-order valence-corrected chi connectivity index (χ3v) is 5.29. The molecule has 0 aromatic heterocycles. The van der Waals surface area contributed by atoms with E-state index in [1.54, 1.807) is 0 Å². The van der Waals surface area contributed by atoms with E-state index in [9.17, 15) is 30.8 Å². The molecule has 0 spiro atoms. The van der Waals surface area contributed by atoms with Gasteiger partial charge >= 0.3 is 5.97 Å². The van der Waals surface area contributed by atoms with E-state index in [1.165, 1.54) is 24.3 Å². The Hall–Kier alpha value is -2.11. The van der Waals surface area contributed by atoms with Crippen molar-refractivity contribution in [3.05, 3.63) is 58.7 Å². The summed E-state index contributed by atoms with van der Waals surface area (Å²) in [5.74, 6) is -8.98. The maximum atomic E-state index is 13.9. The standard InChI is InChI=1S/C15H11F4NO4S2/c16-9-11(18)14(26(20,23)24)12(19)10(17)13(9)25-6-5-7-1-3-8(4-2-7)15(21)22/h1-4H,5-6H2,(H,21,22)(H2,20,23,24). The molecule has 0 aliphatic heterocycles. The fourth-order valence-corrected chi connectivity index (χ4v) is 3.71. The summed E-state index contributed by atoms with van der Waals surface area (Å²) in [6.45, 7) is 0. The van der Waals surface area contributed by atoms with Crippen LogP contribution in [0, 0.1) is 23.3 Å². The molecule has 0 radical (unpaired) electrons. The fourth-order valence-electron chi connectivity index (χ4n) is 2.05. The number of rotatable bonds is 6. The molecule has 2 aromatic rings. The van der Waals surface area contributed by atoms with Gasteiger partial charge in [0.05, 0.1) is 10.5 Å². The Bertz CT molecular complexity index is 934. The minimum absolute atomic E-state index is 0.00609. The summed E-state index contributed by atoms with van der Waals surface area (Å²) in [6.07, 6.45) is 0.212. The van der Waals surface area contributed by atoms with Crippen molar-refractivity contribution in [2.75, 3.05) is 5.75 Å². The number of thioether (sulfide) groups is 1. The molecule has 2 aromatic carbocycles.